The topological polar surface area (TPSA) is 76.3 Å². The van der Waals surface area contributed by atoms with E-state index in [9.17, 15) is 8.42 Å². The maximum Gasteiger partial charge on any atom is 0.243 e. The van der Waals surface area contributed by atoms with E-state index in [0.717, 1.165) is 16.7 Å². The van der Waals surface area contributed by atoms with Gasteiger partial charge >= 0.3 is 0 Å². The van der Waals surface area contributed by atoms with Crippen molar-refractivity contribution < 1.29 is 12.9 Å². The van der Waals surface area contributed by atoms with Crippen molar-refractivity contribution in [2.75, 3.05) is 13.1 Å². The van der Waals surface area contributed by atoms with Gasteiger partial charge < -0.3 is 4.52 Å². The number of sulfonamides is 1. The van der Waals surface area contributed by atoms with Gasteiger partial charge in [-0.05, 0) is 62.1 Å². The normalized spacial score (nSPS) is 16.2. The number of rotatable bonds is 4. The van der Waals surface area contributed by atoms with E-state index < -0.39 is 10.0 Å². The summed E-state index contributed by atoms with van der Waals surface area (Å²) in [5, 5.41) is 4.62. The van der Waals surface area contributed by atoms with Crippen molar-refractivity contribution in [1.29, 1.82) is 0 Å². The van der Waals surface area contributed by atoms with Gasteiger partial charge in [-0.15, -0.1) is 0 Å². The van der Waals surface area contributed by atoms with Crippen LogP contribution in [-0.2, 0) is 10.0 Å². The SMILES string of the molecule is Cc1ccc(S(=O)(=O)N2CCC(c3nc(-c4ccccc4Cl)no3)CC2)cc1C. The van der Waals surface area contributed by atoms with E-state index in [0.29, 0.717) is 47.6 Å². The quantitative estimate of drug-likeness (QED) is 0.604. The van der Waals surface area contributed by atoms with E-state index in [-0.39, 0.29) is 5.92 Å². The third-order valence-electron chi connectivity index (χ3n) is 5.48. The van der Waals surface area contributed by atoms with Gasteiger partial charge in [-0.1, -0.05) is 35.0 Å². The standard InChI is InChI=1S/C21H22ClN3O3S/c1-14-7-8-17(13-15(14)2)29(26,27)25-11-9-16(10-12-25)21-23-20(24-28-21)18-5-3-4-6-19(18)22/h3-8,13,16H,9-12H2,1-2H3. The Kier molecular flexibility index (Phi) is 5.46. The van der Waals surface area contributed by atoms with Gasteiger partial charge in [-0.3, -0.25) is 0 Å². The summed E-state index contributed by atoms with van der Waals surface area (Å²) in [4.78, 5) is 4.85. The molecule has 0 atom stereocenters. The fourth-order valence-electron chi connectivity index (χ4n) is 3.52. The van der Waals surface area contributed by atoms with E-state index in [1.165, 1.54) is 0 Å². The fourth-order valence-corrected chi connectivity index (χ4v) is 5.30. The van der Waals surface area contributed by atoms with Crippen molar-refractivity contribution >= 4 is 21.6 Å². The lowest BCUT2D eigenvalue weighted by atomic mass is 9.98. The molecule has 6 nitrogen and oxygen atoms in total. The summed E-state index contributed by atoms with van der Waals surface area (Å²) >= 11 is 6.21. The van der Waals surface area contributed by atoms with Gasteiger partial charge in [0.1, 0.15) is 0 Å². The summed E-state index contributed by atoms with van der Waals surface area (Å²) in [6.45, 7) is 4.73. The Labute approximate surface area is 175 Å². The molecule has 4 rings (SSSR count). The molecule has 0 amide bonds. The van der Waals surface area contributed by atoms with Gasteiger partial charge in [-0.2, -0.15) is 9.29 Å². The second kappa shape index (κ2) is 7.89. The van der Waals surface area contributed by atoms with Gasteiger partial charge in [0.15, 0.2) is 0 Å². The number of hydrogen-bond acceptors (Lipinski definition) is 5. The zero-order valence-corrected chi connectivity index (χ0v) is 17.9. The van der Waals surface area contributed by atoms with Gasteiger partial charge in [0, 0.05) is 24.6 Å². The molecule has 8 heteroatoms. The molecule has 152 valence electrons. The van der Waals surface area contributed by atoms with Crippen molar-refractivity contribution in [3.8, 4) is 11.4 Å². The first kappa shape index (κ1) is 20.1. The molecule has 0 spiro atoms. The first-order chi connectivity index (χ1) is 13.9. The average Bonchev–Trinajstić information content (AvgIpc) is 3.20. The highest BCUT2D eigenvalue weighted by atomic mass is 35.5. The minimum Gasteiger partial charge on any atom is -0.339 e. The second-order valence-electron chi connectivity index (χ2n) is 7.36. The Balaban J connectivity index is 1.47. The predicted molar refractivity (Wildman–Crippen MR) is 111 cm³/mol. The summed E-state index contributed by atoms with van der Waals surface area (Å²) in [6.07, 6.45) is 1.27. The molecule has 2 heterocycles. The Morgan fingerprint density at radius 3 is 2.48 bits per heavy atom. The zero-order valence-electron chi connectivity index (χ0n) is 16.3. The van der Waals surface area contributed by atoms with E-state index >= 15 is 0 Å². The lowest BCUT2D eigenvalue weighted by Crippen LogP contribution is -2.38. The fraction of sp³-hybridized carbons (Fsp3) is 0.333. The molecule has 1 aliphatic heterocycles. The molecular formula is C21H22ClN3O3S. The van der Waals surface area contributed by atoms with E-state index in [2.05, 4.69) is 10.1 Å². The Morgan fingerprint density at radius 2 is 1.79 bits per heavy atom. The van der Waals surface area contributed by atoms with Crippen molar-refractivity contribution in [1.82, 2.24) is 14.4 Å². The lowest BCUT2D eigenvalue weighted by Gasteiger charge is -2.29. The van der Waals surface area contributed by atoms with Crippen molar-refractivity contribution in [3.63, 3.8) is 0 Å². The van der Waals surface area contributed by atoms with Crippen LogP contribution in [0.15, 0.2) is 51.9 Å². The minimum absolute atomic E-state index is 0.0324. The van der Waals surface area contributed by atoms with Crippen LogP contribution in [0.1, 0.15) is 35.8 Å². The van der Waals surface area contributed by atoms with Crippen molar-refractivity contribution in [2.24, 2.45) is 0 Å². The summed E-state index contributed by atoms with van der Waals surface area (Å²) in [5.41, 5.74) is 2.77. The summed E-state index contributed by atoms with van der Waals surface area (Å²) < 4.78 is 33.0. The van der Waals surface area contributed by atoms with Gasteiger partial charge in [0.05, 0.1) is 9.92 Å². The van der Waals surface area contributed by atoms with Crippen LogP contribution in [-0.4, -0.2) is 36.0 Å². The number of piperidine rings is 1. The zero-order chi connectivity index (χ0) is 20.6. The van der Waals surface area contributed by atoms with Crippen molar-refractivity contribution in [3.05, 3.63) is 64.5 Å². The van der Waals surface area contributed by atoms with Crippen LogP contribution in [0, 0.1) is 13.8 Å². The highest BCUT2D eigenvalue weighted by molar-refractivity contribution is 7.89. The van der Waals surface area contributed by atoms with Crippen LogP contribution >= 0.6 is 11.6 Å². The Morgan fingerprint density at radius 1 is 1.07 bits per heavy atom. The number of aryl methyl sites for hydroxylation is 2. The third kappa shape index (κ3) is 3.95. The Hall–Kier alpha value is -2.22. The van der Waals surface area contributed by atoms with Gasteiger partial charge in [0.25, 0.3) is 0 Å². The van der Waals surface area contributed by atoms with Crippen LogP contribution in [0.3, 0.4) is 0 Å². The molecule has 3 aromatic rings. The first-order valence-corrected chi connectivity index (χ1v) is 11.3. The maximum absolute atomic E-state index is 13.0. The molecule has 0 saturated carbocycles. The van der Waals surface area contributed by atoms with Crippen LogP contribution in [0.5, 0.6) is 0 Å². The predicted octanol–water partition coefficient (Wildman–Crippen LogP) is 4.58. The molecule has 1 aromatic heterocycles. The molecule has 1 fully saturated rings. The minimum atomic E-state index is -3.50. The Bertz CT molecular complexity index is 1140. The molecule has 1 aliphatic rings. The third-order valence-corrected chi connectivity index (χ3v) is 7.70. The molecule has 0 bridgehead atoms. The monoisotopic (exact) mass is 431 g/mol. The summed E-state index contributed by atoms with van der Waals surface area (Å²) in [7, 11) is -3.50. The molecule has 0 aliphatic carbocycles. The van der Waals surface area contributed by atoms with Gasteiger partial charge in [-0.25, -0.2) is 8.42 Å². The molecular weight excluding hydrogens is 410 g/mol. The highest BCUT2D eigenvalue weighted by Gasteiger charge is 2.32. The number of aromatic nitrogens is 2. The molecule has 0 N–H and O–H groups in total. The van der Waals surface area contributed by atoms with E-state index in [1.54, 1.807) is 22.5 Å². The second-order valence-corrected chi connectivity index (χ2v) is 9.71. The van der Waals surface area contributed by atoms with Crippen molar-refractivity contribution in [2.45, 2.75) is 37.5 Å². The van der Waals surface area contributed by atoms with Crippen LogP contribution in [0.4, 0.5) is 0 Å². The molecule has 0 radical (unpaired) electrons. The van der Waals surface area contributed by atoms with E-state index in [1.807, 2.05) is 38.1 Å². The lowest BCUT2D eigenvalue weighted by molar-refractivity contribution is 0.271. The summed E-state index contributed by atoms with van der Waals surface area (Å²) in [6, 6.07) is 12.6. The maximum atomic E-state index is 13.0. The number of benzene rings is 2. The molecule has 0 unspecified atom stereocenters. The number of halogens is 1. The smallest absolute Gasteiger partial charge is 0.243 e. The molecule has 2 aromatic carbocycles. The molecule has 1 saturated heterocycles. The van der Waals surface area contributed by atoms with E-state index in [4.69, 9.17) is 16.1 Å². The highest BCUT2D eigenvalue weighted by Crippen LogP contribution is 2.32. The van der Waals surface area contributed by atoms with Crippen LogP contribution in [0.2, 0.25) is 5.02 Å². The largest absolute Gasteiger partial charge is 0.339 e. The van der Waals surface area contributed by atoms with Gasteiger partial charge in [0.2, 0.25) is 21.7 Å². The van der Waals surface area contributed by atoms with Crippen LogP contribution < -0.4 is 0 Å². The average molecular weight is 432 g/mol. The number of hydrogen-bond donors (Lipinski definition) is 0. The molecule has 29 heavy (non-hydrogen) atoms. The van der Waals surface area contributed by atoms with Crippen LogP contribution in [0.25, 0.3) is 11.4 Å². The number of nitrogens with zero attached hydrogens (tertiary/aromatic N) is 3. The first-order valence-electron chi connectivity index (χ1n) is 9.52. The summed E-state index contributed by atoms with van der Waals surface area (Å²) in [5.74, 6) is 1.02.